The lowest BCUT2D eigenvalue weighted by atomic mass is 10.0. The van der Waals surface area contributed by atoms with Gasteiger partial charge in [-0.05, 0) is 18.6 Å². The molecule has 0 aliphatic carbocycles. The van der Waals surface area contributed by atoms with Crippen molar-refractivity contribution in [3.63, 3.8) is 0 Å². The van der Waals surface area contributed by atoms with Crippen molar-refractivity contribution in [2.45, 2.75) is 83.7 Å². The highest BCUT2D eigenvalue weighted by Gasteiger charge is 2.16. The minimum atomic E-state index is -0.0510. The average molecular weight is 407 g/mol. The van der Waals surface area contributed by atoms with Crippen molar-refractivity contribution in [3.8, 4) is 11.5 Å². The molecule has 0 saturated heterocycles. The van der Waals surface area contributed by atoms with Gasteiger partial charge in [-0.3, -0.25) is 0 Å². The Hall–Kier alpha value is -1.68. The first-order chi connectivity index (χ1) is 14.2. The van der Waals surface area contributed by atoms with E-state index < -0.39 is 0 Å². The zero-order valence-corrected chi connectivity index (χ0v) is 19.3. The van der Waals surface area contributed by atoms with Crippen LogP contribution in [0.25, 0.3) is 6.08 Å². The van der Waals surface area contributed by atoms with E-state index in [0.29, 0.717) is 11.5 Å². The first-order valence-electron chi connectivity index (χ1n) is 11.2. The third kappa shape index (κ3) is 9.58. The number of ether oxygens (including phenoxy) is 4. The zero-order valence-electron chi connectivity index (χ0n) is 19.3. The maximum Gasteiger partial charge on any atom is 0.168 e. The van der Waals surface area contributed by atoms with Gasteiger partial charge in [-0.25, -0.2) is 0 Å². The van der Waals surface area contributed by atoms with Crippen molar-refractivity contribution < 1.29 is 18.9 Å². The highest BCUT2D eigenvalue weighted by atomic mass is 16.5. The molecule has 0 aliphatic rings. The molecule has 4 nitrogen and oxygen atoms in total. The Balaban J connectivity index is 2.49. The highest BCUT2D eigenvalue weighted by Crippen LogP contribution is 2.33. The topological polar surface area (TPSA) is 36.9 Å². The second-order valence-electron chi connectivity index (χ2n) is 7.53. The van der Waals surface area contributed by atoms with Crippen molar-refractivity contribution in [1.29, 1.82) is 0 Å². The van der Waals surface area contributed by atoms with Gasteiger partial charge in [0.2, 0.25) is 0 Å². The molecule has 0 amide bonds. The molecule has 4 heteroatoms. The molecule has 0 aliphatic heterocycles. The molecule has 0 heterocycles. The van der Waals surface area contributed by atoms with Crippen LogP contribution < -0.4 is 9.47 Å². The van der Waals surface area contributed by atoms with Gasteiger partial charge in [-0.2, -0.15) is 0 Å². The minimum absolute atomic E-state index is 0.0510. The van der Waals surface area contributed by atoms with E-state index in [2.05, 4.69) is 6.92 Å². The summed E-state index contributed by atoms with van der Waals surface area (Å²) in [6, 6.07) is 5.83. The Morgan fingerprint density at radius 3 is 1.97 bits per heavy atom. The lowest BCUT2D eigenvalue weighted by Crippen LogP contribution is -2.15. The summed E-state index contributed by atoms with van der Waals surface area (Å²) in [6.45, 7) is 2.27. The fourth-order valence-electron chi connectivity index (χ4n) is 3.66. The molecule has 1 unspecified atom stereocenters. The maximum atomic E-state index is 5.72. The molecule has 1 atom stereocenters. The Morgan fingerprint density at radius 1 is 0.828 bits per heavy atom. The zero-order chi connectivity index (χ0) is 21.3. The number of rotatable bonds is 17. The third-order valence-electron chi connectivity index (χ3n) is 5.39. The Labute approximate surface area is 178 Å². The largest absolute Gasteiger partial charge is 0.498 e. The van der Waals surface area contributed by atoms with E-state index in [1.54, 1.807) is 28.4 Å². The molecule has 0 N–H and O–H groups in total. The Morgan fingerprint density at radius 2 is 1.45 bits per heavy atom. The first-order valence-corrected chi connectivity index (χ1v) is 11.2. The molecule has 0 spiro atoms. The van der Waals surface area contributed by atoms with Crippen LogP contribution in [0.1, 0.15) is 83.1 Å². The summed E-state index contributed by atoms with van der Waals surface area (Å²) in [7, 11) is 6.74. The summed E-state index contributed by atoms with van der Waals surface area (Å²) >= 11 is 0. The van der Waals surface area contributed by atoms with Gasteiger partial charge in [0.05, 0.1) is 21.3 Å². The van der Waals surface area contributed by atoms with Crippen LogP contribution in [0.4, 0.5) is 0 Å². The van der Waals surface area contributed by atoms with Gasteiger partial charge in [-0.1, -0.05) is 83.3 Å². The number of unbranched alkanes of at least 4 members (excludes halogenated alkanes) is 9. The predicted octanol–water partition coefficient (Wildman–Crippen LogP) is 7.02. The smallest absolute Gasteiger partial charge is 0.168 e. The molecule has 0 bridgehead atoms. The van der Waals surface area contributed by atoms with E-state index in [-0.39, 0.29) is 6.10 Å². The van der Waals surface area contributed by atoms with Crippen LogP contribution in [0.5, 0.6) is 11.5 Å². The van der Waals surface area contributed by atoms with Crippen molar-refractivity contribution in [3.05, 3.63) is 29.5 Å². The summed E-state index contributed by atoms with van der Waals surface area (Å²) in [5.41, 5.74) is 0.925. The van der Waals surface area contributed by atoms with Crippen molar-refractivity contribution >= 4 is 6.08 Å². The van der Waals surface area contributed by atoms with Crippen LogP contribution in [0.2, 0.25) is 0 Å². The molecule has 1 aromatic carbocycles. The summed E-state index contributed by atoms with van der Waals surface area (Å²) < 4.78 is 22.3. The van der Waals surface area contributed by atoms with Gasteiger partial charge in [0.25, 0.3) is 0 Å². The minimum Gasteiger partial charge on any atom is -0.498 e. The normalized spacial score (nSPS) is 12.7. The van der Waals surface area contributed by atoms with E-state index in [9.17, 15) is 0 Å². The standard InChI is InChI=1S/C25H42O4/c1-6-7-8-9-10-11-12-13-14-15-18-22(26-2)24(28-4)20-21-17-16-19-23(27-3)25(21)29-5/h16-17,19-20,22H,6-15,18H2,1-5H3. The molecule has 0 saturated carbocycles. The molecular weight excluding hydrogens is 364 g/mol. The highest BCUT2D eigenvalue weighted by molar-refractivity contribution is 5.63. The number of benzene rings is 1. The van der Waals surface area contributed by atoms with Gasteiger partial charge in [-0.15, -0.1) is 0 Å². The van der Waals surface area contributed by atoms with Crippen molar-refractivity contribution in [2.75, 3.05) is 28.4 Å². The summed E-state index contributed by atoms with van der Waals surface area (Å²) in [6.07, 6.45) is 16.2. The van der Waals surface area contributed by atoms with Crippen LogP contribution in [0.15, 0.2) is 24.0 Å². The van der Waals surface area contributed by atoms with Crippen LogP contribution >= 0.6 is 0 Å². The van der Waals surface area contributed by atoms with Gasteiger partial charge in [0, 0.05) is 12.7 Å². The molecule has 166 valence electrons. The van der Waals surface area contributed by atoms with E-state index in [0.717, 1.165) is 24.2 Å². The predicted molar refractivity (Wildman–Crippen MR) is 122 cm³/mol. The van der Waals surface area contributed by atoms with Crippen LogP contribution in [0.3, 0.4) is 0 Å². The third-order valence-corrected chi connectivity index (χ3v) is 5.39. The van der Waals surface area contributed by atoms with Crippen molar-refractivity contribution in [2.24, 2.45) is 0 Å². The Bertz CT molecular complexity index is 568. The monoisotopic (exact) mass is 406 g/mol. The van der Waals surface area contributed by atoms with E-state index in [1.807, 2.05) is 24.3 Å². The van der Waals surface area contributed by atoms with E-state index in [1.165, 1.54) is 57.8 Å². The van der Waals surface area contributed by atoms with Crippen LogP contribution in [-0.2, 0) is 9.47 Å². The number of methoxy groups -OCH3 is 4. The second kappa shape index (κ2) is 16.2. The summed E-state index contributed by atoms with van der Waals surface area (Å²) in [5, 5.41) is 0. The van der Waals surface area contributed by atoms with Gasteiger partial charge in [0.15, 0.2) is 11.5 Å². The molecule has 0 radical (unpaired) electrons. The lowest BCUT2D eigenvalue weighted by Gasteiger charge is -2.19. The second-order valence-corrected chi connectivity index (χ2v) is 7.53. The van der Waals surface area contributed by atoms with Gasteiger partial charge in [0.1, 0.15) is 11.9 Å². The number of para-hydroxylation sites is 1. The molecule has 1 rings (SSSR count). The lowest BCUT2D eigenvalue weighted by molar-refractivity contribution is 0.0728. The molecule has 1 aromatic rings. The SMILES string of the molecule is CCCCCCCCCCCCC(OC)C(=Cc1cccc(OC)c1OC)OC. The van der Waals surface area contributed by atoms with E-state index >= 15 is 0 Å². The first kappa shape index (κ1) is 25.4. The average Bonchev–Trinajstić information content (AvgIpc) is 2.76. The van der Waals surface area contributed by atoms with E-state index in [4.69, 9.17) is 18.9 Å². The van der Waals surface area contributed by atoms with Gasteiger partial charge < -0.3 is 18.9 Å². The van der Waals surface area contributed by atoms with Crippen molar-refractivity contribution in [1.82, 2.24) is 0 Å². The molecule has 29 heavy (non-hydrogen) atoms. The summed E-state index contributed by atoms with van der Waals surface area (Å²) in [4.78, 5) is 0. The number of hydrogen-bond acceptors (Lipinski definition) is 4. The molecule has 0 aromatic heterocycles. The Kier molecular flexibility index (Phi) is 14.1. The molecule has 0 fully saturated rings. The van der Waals surface area contributed by atoms with Crippen LogP contribution in [0, 0.1) is 0 Å². The quantitative estimate of drug-likeness (QED) is 0.206. The summed E-state index contributed by atoms with van der Waals surface area (Å²) in [5.74, 6) is 2.23. The molecular formula is C25H42O4. The van der Waals surface area contributed by atoms with Gasteiger partial charge >= 0.3 is 0 Å². The van der Waals surface area contributed by atoms with Crippen LogP contribution in [-0.4, -0.2) is 34.5 Å². The number of hydrogen-bond donors (Lipinski definition) is 0. The fourth-order valence-corrected chi connectivity index (χ4v) is 3.66. The maximum absolute atomic E-state index is 5.72. The fraction of sp³-hybridized carbons (Fsp3) is 0.680.